The van der Waals surface area contributed by atoms with E-state index in [0.717, 1.165) is 18.6 Å². The van der Waals surface area contributed by atoms with E-state index in [-0.39, 0.29) is 69.7 Å². The van der Waals surface area contributed by atoms with E-state index in [1.165, 1.54) is 0 Å². The van der Waals surface area contributed by atoms with Crippen LogP contribution in [0.4, 0.5) is 17.3 Å². The van der Waals surface area contributed by atoms with Gasteiger partial charge in [0.1, 0.15) is 5.82 Å². The predicted octanol–water partition coefficient (Wildman–Crippen LogP) is -0.701. The van der Waals surface area contributed by atoms with Crippen LogP contribution in [-0.4, -0.2) is 26.8 Å². The Kier molecular flexibility index (Phi) is 6.82. The molecule has 2 nitrogen and oxygen atoms in total. The van der Waals surface area contributed by atoms with Crippen LogP contribution in [0.15, 0.2) is 18.2 Å². The molecule has 0 radical (unpaired) electrons. The van der Waals surface area contributed by atoms with Gasteiger partial charge in [-0.1, -0.05) is 5.46 Å². The molecule has 19 heavy (non-hydrogen) atoms. The number of halogens is 4. The van der Waals surface area contributed by atoms with Crippen molar-refractivity contribution in [1.29, 1.82) is 0 Å². The first-order chi connectivity index (χ1) is 8.47. The van der Waals surface area contributed by atoms with Crippen LogP contribution in [0, 0.1) is 11.7 Å². The minimum absolute atomic E-state index is 0. The summed E-state index contributed by atoms with van der Waals surface area (Å²) in [6.07, 6.45) is 0.772. The van der Waals surface area contributed by atoms with Crippen molar-refractivity contribution in [3.8, 4) is 5.75 Å². The average Bonchev–Trinajstić information content (AvgIpc) is 2.79. The molecule has 1 unspecified atom stereocenters. The molecule has 0 aromatic heterocycles. The molecule has 0 spiro atoms. The standard InChI is InChI=1S/C11H12BF4O2.K/c13-9-1-2-11(10(5-9)12(14,15)16)18-7-8-3-4-17-6-8;/h1-2,5,8H,3-4,6-7H2;/q-1;+1. The van der Waals surface area contributed by atoms with Gasteiger partial charge in [0, 0.05) is 12.5 Å². The van der Waals surface area contributed by atoms with Crippen molar-refractivity contribution >= 4 is 12.4 Å². The fraction of sp³-hybridized carbons (Fsp3) is 0.455. The van der Waals surface area contributed by atoms with E-state index < -0.39 is 18.3 Å². The molecule has 0 aliphatic carbocycles. The minimum Gasteiger partial charge on any atom is -0.496 e. The molecular formula is C11H12BF4KO2. The van der Waals surface area contributed by atoms with Crippen LogP contribution >= 0.6 is 0 Å². The van der Waals surface area contributed by atoms with E-state index in [9.17, 15) is 17.3 Å². The molecule has 0 bridgehead atoms. The van der Waals surface area contributed by atoms with Crippen molar-refractivity contribution in [2.75, 3.05) is 19.8 Å². The molecule has 1 heterocycles. The third kappa shape index (κ3) is 5.02. The van der Waals surface area contributed by atoms with Crippen molar-refractivity contribution in [1.82, 2.24) is 0 Å². The fourth-order valence-electron chi connectivity index (χ4n) is 1.83. The largest absolute Gasteiger partial charge is 1.00 e. The Morgan fingerprint density at radius 1 is 1.32 bits per heavy atom. The third-order valence-corrected chi connectivity index (χ3v) is 2.82. The summed E-state index contributed by atoms with van der Waals surface area (Å²) in [6.45, 7) is -4.02. The Labute approximate surface area is 151 Å². The van der Waals surface area contributed by atoms with Crippen LogP contribution in [-0.2, 0) is 4.74 Å². The second kappa shape index (κ2) is 7.42. The molecule has 1 aliphatic rings. The molecule has 0 amide bonds. The molecule has 8 heteroatoms. The summed E-state index contributed by atoms with van der Waals surface area (Å²) in [7, 11) is 0. The van der Waals surface area contributed by atoms with Crippen LogP contribution in [0.2, 0.25) is 0 Å². The van der Waals surface area contributed by atoms with E-state index in [2.05, 4.69) is 0 Å². The second-order valence-electron chi connectivity index (χ2n) is 4.30. The molecule has 1 aromatic carbocycles. The zero-order valence-electron chi connectivity index (χ0n) is 10.5. The van der Waals surface area contributed by atoms with Gasteiger partial charge in [-0.3, -0.25) is 0 Å². The summed E-state index contributed by atoms with van der Waals surface area (Å²) in [5.74, 6) is -1.12. The first-order valence-corrected chi connectivity index (χ1v) is 5.67. The normalized spacial score (nSPS) is 19.1. The summed E-state index contributed by atoms with van der Waals surface area (Å²) < 4.78 is 61.3. The maximum Gasteiger partial charge on any atom is 1.00 e. The maximum atomic E-state index is 12.9. The second-order valence-corrected chi connectivity index (χ2v) is 4.30. The molecule has 0 N–H and O–H groups in total. The van der Waals surface area contributed by atoms with Gasteiger partial charge < -0.3 is 22.4 Å². The van der Waals surface area contributed by atoms with Crippen molar-refractivity contribution in [3.05, 3.63) is 24.0 Å². The summed E-state index contributed by atoms with van der Waals surface area (Å²) in [5.41, 5.74) is -1.02. The number of ether oxygens (including phenoxy) is 2. The van der Waals surface area contributed by atoms with E-state index in [1.807, 2.05) is 0 Å². The fourth-order valence-corrected chi connectivity index (χ4v) is 1.83. The topological polar surface area (TPSA) is 18.5 Å². The smallest absolute Gasteiger partial charge is 0.496 e. The number of hydrogen-bond acceptors (Lipinski definition) is 2. The number of benzene rings is 1. The van der Waals surface area contributed by atoms with E-state index >= 15 is 0 Å². The van der Waals surface area contributed by atoms with Crippen LogP contribution in [0.5, 0.6) is 5.75 Å². The van der Waals surface area contributed by atoms with Gasteiger partial charge in [0.15, 0.2) is 0 Å². The van der Waals surface area contributed by atoms with Crippen LogP contribution in [0.3, 0.4) is 0 Å². The monoisotopic (exact) mass is 302 g/mol. The number of hydrogen-bond donors (Lipinski definition) is 0. The molecule has 1 aliphatic heterocycles. The van der Waals surface area contributed by atoms with Gasteiger partial charge in [-0.2, -0.15) is 0 Å². The Morgan fingerprint density at radius 2 is 2.05 bits per heavy atom. The van der Waals surface area contributed by atoms with E-state index in [4.69, 9.17) is 9.47 Å². The van der Waals surface area contributed by atoms with E-state index in [1.54, 1.807) is 0 Å². The molecular weight excluding hydrogens is 290 g/mol. The number of rotatable bonds is 4. The molecule has 1 atom stereocenters. The quantitative estimate of drug-likeness (QED) is 0.541. The van der Waals surface area contributed by atoms with Crippen molar-refractivity contribution in [3.63, 3.8) is 0 Å². The zero-order valence-corrected chi connectivity index (χ0v) is 13.7. The zero-order chi connectivity index (χ0) is 13.2. The van der Waals surface area contributed by atoms with Gasteiger partial charge in [0.05, 0.1) is 19.0 Å². The van der Waals surface area contributed by atoms with Crippen molar-refractivity contribution in [2.45, 2.75) is 6.42 Å². The van der Waals surface area contributed by atoms with Crippen LogP contribution < -0.4 is 61.6 Å². The molecule has 1 saturated heterocycles. The summed E-state index contributed by atoms with van der Waals surface area (Å²) in [5, 5.41) is 0. The van der Waals surface area contributed by atoms with Crippen LogP contribution in [0.1, 0.15) is 6.42 Å². The van der Waals surface area contributed by atoms with Crippen molar-refractivity contribution < 1.29 is 78.2 Å². The third-order valence-electron chi connectivity index (χ3n) is 2.82. The predicted molar refractivity (Wildman–Crippen MR) is 59.5 cm³/mol. The Hall–Kier alpha value is 0.401. The average molecular weight is 302 g/mol. The Balaban J connectivity index is 0.00000180. The Morgan fingerprint density at radius 3 is 2.63 bits per heavy atom. The SMILES string of the molecule is Fc1ccc(OCC2CCOC2)c([B-](F)(F)F)c1.[K+]. The van der Waals surface area contributed by atoms with Gasteiger partial charge in [0.2, 0.25) is 0 Å². The molecule has 1 aromatic rings. The molecule has 2 rings (SSSR count). The summed E-state index contributed by atoms with van der Waals surface area (Å²) >= 11 is 0. The molecule has 0 saturated carbocycles. The first kappa shape index (κ1) is 17.5. The summed E-state index contributed by atoms with van der Waals surface area (Å²) in [6, 6.07) is 2.46. The maximum absolute atomic E-state index is 12.9. The van der Waals surface area contributed by atoms with Crippen LogP contribution in [0.25, 0.3) is 0 Å². The van der Waals surface area contributed by atoms with Gasteiger partial charge >= 0.3 is 58.4 Å². The van der Waals surface area contributed by atoms with Crippen molar-refractivity contribution in [2.24, 2.45) is 5.92 Å². The minimum atomic E-state index is -5.28. The molecule has 1 fully saturated rings. The summed E-state index contributed by atoms with van der Waals surface area (Å²) in [4.78, 5) is 0. The Bertz CT molecular complexity index is 422. The van der Waals surface area contributed by atoms with Gasteiger partial charge in [-0.05, 0) is 24.6 Å². The van der Waals surface area contributed by atoms with Gasteiger partial charge in [-0.15, -0.1) is 0 Å². The van der Waals surface area contributed by atoms with Gasteiger partial charge in [0.25, 0.3) is 0 Å². The van der Waals surface area contributed by atoms with E-state index in [0.29, 0.717) is 19.3 Å². The molecule has 100 valence electrons. The first-order valence-electron chi connectivity index (χ1n) is 5.67. The van der Waals surface area contributed by atoms with Gasteiger partial charge in [-0.25, -0.2) is 4.39 Å².